The number of para-hydroxylation sites is 1. The Morgan fingerprint density at radius 3 is 2.39 bits per heavy atom. The number of likely N-dealkylation sites (tertiary alicyclic amines) is 1. The summed E-state index contributed by atoms with van der Waals surface area (Å²) in [5.74, 6) is -4.53. The minimum Gasteiger partial charge on any atom is -0.466 e. The summed E-state index contributed by atoms with van der Waals surface area (Å²) in [7, 11) is 3.37. The molecule has 0 radical (unpaired) electrons. The fourth-order valence-corrected chi connectivity index (χ4v) is 5.85. The van der Waals surface area contributed by atoms with Crippen molar-refractivity contribution in [3.63, 3.8) is 0 Å². The second-order valence-corrected chi connectivity index (χ2v) is 10.9. The highest BCUT2D eigenvalue weighted by Gasteiger charge is 2.34. The zero-order chi connectivity index (χ0) is 31.7. The number of carbonyl (C=O) groups is 2. The first kappa shape index (κ1) is 31.0. The molecule has 0 N–H and O–H groups in total. The highest BCUT2D eigenvalue weighted by molar-refractivity contribution is 5.94. The van der Waals surface area contributed by atoms with Crippen molar-refractivity contribution in [2.24, 2.45) is 5.92 Å². The van der Waals surface area contributed by atoms with Crippen molar-refractivity contribution in [1.29, 1.82) is 0 Å². The number of nitrogens with zero attached hydrogens (tertiary/aromatic N) is 5. The quantitative estimate of drug-likeness (QED) is 0.189. The first-order chi connectivity index (χ1) is 21.0. The van der Waals surface area contributed by atoms with E-state index in [0.717, 1.165) is 28.9 Å². The van der Waals surface area contributed by atoms with Crippen molar-refractivity contribution in [3.8, 4) is 11.3 Å². The Bertz CT molecular complexity index is 1680. The number of esters is 1. The molecule has 3 heterocycles. The van der Waals surface area contributed by atoms with Gasteiger partial charge in [0.2, 0.25) is 0 Å². The molecule has 0 aliphatic carbocycles. The number of aromatic nitrogens is 3. The number of aryl methyl sites for hydroxylation is 2. The molecule has 12 heteroatoms. The summed E-state index contributed by atoms with van der Waals surface area (Å²) in [5, 5.41) is 4.62. The lowest BCUT2D eigenvalue weighted by molar-refractivity contribution is -0.146. The van der Waals surface area contributed by atoms with Gasteiger partial charge >= 0.3 is 5.97 Å². The maximum atomic E-state index is 14.2. The van der Waals surface area contributed by atoms with Crippen LogP contribution in [0.25, 0.3) is 16.9 Å². The van der Waals surface area contributed by atoms with Gasteiger partial charge in [-0.15, -0.1) is 0 Å². The van der Waals surface area contributed by atoms with E-state index in [4.69, 9.17) is 9.47 Å². The molecular formula is C32H34F3N5O4. The van der Waals surface area contributed by atoms with Gasteiger partial charge in [-0.1, -0.05) is 18.2 Å². The lowest BCUT2D eigenvalue weighted by Crippen LogP contribution is -2.48. The largest absolute Gasteiger partial charge is 0.466 e. The summed E-state index contributed by atoms with van der Waals surface area (Å²) < 4.78 is 54.5. The second-order valence-electron chi connectivity index (χ2n) is 10.9. The van der Waals surface area contributed by atoms with Crippen LogP contribution in [0.2, 0.25) is 0 Å². The van der Waals surface area contributed by atoms with Crippen LogP contribution in [0.15, 0.2) is 42.5 Å². The number of halogens is 3. The van der Waals surface area contributed by atoms with Crippen LogP contribution in [0.5, 0.6) is 0 Å². The summed E-state index contributed by atoms with van der Waals surface area (Å²) in [6, 6.07) is 10.7. The molecule has 1 fully saturated rings. The van der Waals surface area contributed by atoms with Gasteiger partial charge in [0.25, 0.3) is 5.91 Å². The fourth-order valence-electron chi connectivity index (χ4n) is 5.85. The molecule has 2 aromatic heterocycles. The van der Waals surface area contributed by atoms with E-state index in [-0.39, 0.29) is 59.5 Å². The van der Waals surface area contributed by atoms with Crippen molar-refractivity contribution >= 4 is 29.0 Å². The Kier molecular flexibility index (Phi) is 8.91. The fraction of sp³-hybridized carbons (Fsp3) is 0.375. The van der Waals surface area contributed by atoms with Crippen molar-refractivity contribution < 1.29 is 32.2 Å². The Balaban J connectivity index is 1.55. The Morgan fingerprint density at radius 1 is 1.07 bits per heavy atom. The van der Waals surface area contributed by atoms with E-state index in [1.54, 1.807) is 25.0 Å². The number of anilines is 2. The Labute approximate surface area is 253 Å². The van der Waals surface area contributed by atoms with Gasteiger partial charge in [-0.3, -0.25) is 9.59 Å². The SMILES string of the molecule is CCOC(=O)CC1CCN(C(=O)c2cc3nc(-c4cc(F)c(F)c(F)c4)cc(N(C)c4c(C)cccc4C)n3n2)CC1OC. The standard InChI is InChI=1S/C32H34F3N5O4/c1-6-44-29(41)14-20-10-11-39(17-26(20)43-5)32(42)25-15-27-36-24(21-12-22(33)30(35)23(34)13-21)16-28(40(27)37-25)38(4)31-18(2)8-7-9-19(31)3/h7-9,12-13,15-16,20,26H,6,10-11,14,17H2,1-5H3. The average molecular weight is 610 g/mol. The van der Waals surface area contributed by atoms with Crippen LogP contribution >= 0.6 is 0 Å². The van der Waals surface area contributed by atoms with Gasteiger partial charge in [-0.25, -0.2) is 18.2 Å². The van der Waals surface area contributed by atoms with Crippen LogP contribution < -0.4 is 4.90 Å². The van der Waals surface area contributed by atoms with Gasteiger partial charge in [0, 0.05) is 50.6 Å². The normalized spacial score (nSPS) is 16.8. The van der Waals surface area contributed by atoms with Crippen molar-refractivity contribution in [1.82, 2.24) is 19.5 Å². The van der Waals surface area contributed by atoms with Gasteiger partial charge in [0.1, 0.15) is 5.82 Å². The lowest BCUT2D eigenvalue weighted by Gasteiger charge is -2.37. The zero-order valence-corrected chi connectivity index (χ0v) is 25.2. The summed E-state index contributed by atoms with van der Waals surface area (Å²) in [5.41, 5.74) is 3.38. The molecule has 4 aromatic rings. The van der Waals surface area contributed by atoms with Crippen molar-refractivity contribution in [2.45, 2.75) is 39.7 Å². The predicted molar refractivity (Wildman–Crippen MR) is 158 cm³/mol. The number of amides is 1. The highest BCUT2D eigenvalue weighted by atomic mass is 19.2. The maximum absolute atomic E-state index is 14.2. The summed E-state index contributed by atoms with van der Waals surface area (Å²) in [6.07, 6.45) is 0.377. The first-order valence-corrected chi connectivity index (χ1v) is 14.4. The second kappa shape index (κ2) is 12.7. The topological polar surface area (TPSA) is 89.3 Å². The molecule has 1 amide bonds. The molecular weight excluding hydrogens is 575 g/mol. The monoisotopic (exact) mass is 609 g/mol. The number of rotatable bonds is 8. The van der Waals surface area contributed by atoms with Crippen molar-refractivity contribution in [3.05, 3.63) is 76.7 Å². The van der Waals surface area contributed by atoms with Crippen LogP contribution in [0.1, 0.15) is 41.4 Å². The molecule has 2 unspecified atom stereocenters. The van der Waals surface area contributed by atoms with Crippen molar-refractivity contribution in [2.75, 3.05) is 38.8 Å². The van der Waals surface area contributed by atoms with Gasteiger partial charge in [0.15, 0.2) is 28.8 Å². The highest BCUT2D eigenvalue weighted by Crippen LogP contribution is 2.34. The average Bonchev–Trinajstić information content (AvgIpc) is 3.43. The summed E-state index contributed by atoms with van der Waals surface area (Å²) in [6.45, 7) is 6.61. The minimum absolute atomic E-state index is 0.0285. The molecule has 0 saturated carbocycles. The molecule has 0 spiro atoms. The smallest absolute Gasteiger partial charge is 0.306 e. The molecule has 2 atom stereocenters. The van der Waals surface area contributed by atoms with Crippen LogP contribution in [-0.4, -0.2) is 71.3 Å². The molecule has 1 saturated heterocycles. The Morgan fingerprint density at radius 2 is 1.75 bits per heavy atom. The molecule has 1 aliphatic heterocycles. The molecule has 44 heavy (non-hydrogen) atoms. The first-order valence-electron chi connectivity index (χ1n) is 14.4. The van der Waals surface area contributed by atoms with E-state index in [1.165, 1.54) is 10.6 Å². The van der Waals surface area contributed by atoms with Crippen LogP contribution in [0.4, 0.5) is 24.7 Å². The number of piperidine rings is 1. The molecule has 9 nitrogen and oxygen atoms in total. The lowest BCUT2D eigenvalue weighted by atomic mass is 9.90. The number of hydrogen-bond acceptors (Lipinski definition) is 7. The number of benzene rings is 2. The van der Waals surface area contributed by atoms with E-state index < -0.39 is 17.5 Å². The summed E-state index contributed by atoms with van der Waals surface area (Å²) in [4.78, 5) is 33.8. The van der Waals surface area contributed by atoms with E-state index in [9.17, 15) is 22.8 Å². The van der Waals surface area contributed by atoms with Crippen LogP contribution in [0.3, 0.4) is 0 Å². The third kappa shape index (κ3) is 5.99. The maximum Gasteiger partial charge on any atom is 0.306 e. The van der Waals surface area contributed by atoms with E-state index in [2.05, 4.69) is 10.1 Å². The van der Waals surface area contributed by atoms with Crippen LogP contribution in [0, 0.1) is 37.2 Å². The molecule has 5 rings (SSSR count). The molecule has 232 valence electrons. The number of methoxy groups -OCH3 is 1. The van der Waals surface area contributed by atoms with Crippen LogP contribution in [-0.2, 0) is 14.3 Å². The van der Waals surface area contributed by atoms with Gasteiger partial charge < -0.3 is 19.3 Å². The minimum atomic E-state index is -1.57. The third-order valence-electron chi connectivity index (χ3n) is 8.05. The number of ether oxygens (including phenoxy) is 2. The molecule has 2 aromatic carbocycles. The van der Waals surface area contributed by atoms with E-state index in [0.29, 0.717) is 25.4 Å². The summed E-state index contributed by atoms with van der Waals surface area (Å²) >= 11 is 0. The number of hydrogen-bond donors (Lipinski definition) is 0. The van der Waals surface area contributed by atoms with E-state index in [1.807, 2.05) is 44.0 Å². The molecule has 1 aliphatic rings. The number of fused-ring (bicyclic) bond motifs is 1. The van der Waals surface area contributed by atoms with Gasteiger partial charge in [-0.2, -0.15) is 9.61 Å². The predicted octanol–water partition coefficient (Wildman–Crippen LogP) is 5.63. The zero-order valence-electron chi connectivity index (χ0n) is 25.2. The van der Waals surface area contributed by atoms with Gasteiger partial charge in [0.05, 0.1) is 24.8 Å². The number of carbonyl (C=O) groups excluding carboxylic acids is 2. The van der Waals surface area contributed by atoms with E-state index >= 15 is 0 Å². The third-order valence-corrected chi connectivity index (χ3v) is 8.05. The van der Waals surface area contributed by atoms with Gasteiger partial charge in [-0.05, 0) is 56.4 Å². The Hall–Kier alpha value is -4.45. The molecule has 0 bridgehead atoms.